The number of rotatable bonds is 2. The van der Waals surface area contributed by atoms with Crippen molar-refractivity contribution in [2.45, 2.75) is 25.8 Å². The van der Waals surface area contributed by atoms with Gasteiger partial charge in [-0.15, -0.1) is 0 Å². The van der Waals surface area contributed by atoms with Crippen LogP contribution in [0.5, 0.6) is 11.5 Å². The summed E-state index contributed by atoms with van der Waals surface area (Å²) in [6.07, 6.45) is 2.11. The highest BCUT2D eigenvalue weighted by atomic mass is 16.5. The predicted molar refractivity (Wildman–Crippen MR) is 64.4 cm³/mol. The summed E-state index contributed by atoms with van der Waals surface area (Å²) in [6.45, 7) is 3.25. The van der Waals surface area contributed by atoms with Gasteiger partial charge in [0, 0.05) is 6.04 Å². The fraction of sp³-hybridized carbons (Fsp3) is 0.538. The molecule has 0 fully saturated rings. The van der Waals surface area contributed by atoms with Gasteiger partial charge in [0.2, 0.25) is 0 Å². The van der Waals surface area contributed by atoms with Crippen molar-refractivity contribution in [3.63, 3.8) is 0 Å². The molecule has 0 spiro atoms. The van der Waals surface area contributed by atoms with E-state index in [1.54, 1.807) is 14.2 Å². The number of fused-ring (bicyclic) bond motifs is 1. The molecule has 0 saturated carbocycles. The standard InChI is InChI=1S/C13H19NO2/c1-9-6-11-8-13(16-3)12(15-2)7-10(11)4-5-14-9/h7-9,14H,4-6H2,1-3H3. The van der Waals surface area contributed by atoms with Crippen LogP contribution in [0.25, 0.3) is 0 Å². The van der Waals surface area contributed by atoms with E-state index in [1.165, 1.54) is 11.1 Å². The van der Waals surface area contributed by atoms with Crippen LogP contribution in [0, 0.1) is 0 Å². The fourth-order valence-electron chi connectivity index (χ4n) is 2.24. The van der Waals surface area contributed by atoms with Gasteiger partial charge >= 0.3 is 0 Å². The summed E-state index contributed by atoms with van der Waals surface area (Å²) < 4.78 is 10.7. The van der Waals surface area contributed by atoms with E-state index in [-0.39, 0.29) is 0 Å². The summed E-state index contributed by atoms with van der Waals surface area (Å²) in [5.74, 6) is 1.66. The average molecular weight is 221 g/mol. The Balaban J connectivity index is 2.41. The van der Waals surface area contributed by atoms with Crippen molar-refractivity contribution in [1.29, 1.82) is 0 Å². The van der Waals surface area contributed by atoms with Crippen molar-refractivity contribution >= 4 is 0 Å². The van der Waals surface area contributed by atoms with Gasteiger partial charge < -0.3 is 14.8 Å². The molecule has 1 heterocycles. The molecule has 1 aliphatic rings. The summed E-state index contributed by atoms with van der Waals surface area (Å²) in [4.78, 5) is 0. The first-order valence-electron chi connectivity index (χ1n) is 5.71. The van der Waals surface area contributed by atoms with Crippen molar-refractivity contribution in [3.05, 3.63) is 23.3 Å². The monoisotopic (exact) mass is 221 g/mol. The van der Waals surface area contributed by atoms with Crippen molar-refractivity contribution < 1.29 is 9.47 Å². The van der Waals surface area contributed by atoms with Crippen LogP contribution in [0.3, 0.4) is 0 Å². The Labute approximate surface area is 96.8 Å². The third-order valence-electron chi connectivity index (χ3n) is 3.12. The summed E-state index contributed by atoms with van der Waals surface area (Å²) in [7, 11) is 3.37. The van der Waals surface area contributed by atoms with Crippen LogP contribution < -0.4 is 14.8 Å². The first-order chi connectivity index (χ1) is 7.74. The van der Waals surface area contributed by atoms with Crippen LogP contribution >= 0.6 is 0 Å². The largest absolute Gasteiger partial charge is 0.493 e. The van der Waals surface area contributed by atoms with E-state index >= 15 is 0 Å². The molecule has 0 aliphatic carbocycles. The van der Waals surface area contributed by atoms with Gasteiger partial charge in [0.05, 0.1) is 14.2 Å². The predicted octanol–water partition coefficient (Wildman–Crippen LogP) is 1.78. The Hall–Kier alpha value is -1.22. The molecule has 1 unspecified atom stereocenters. The quantitative estimate of drug-likeness (QED) is 0.825. The molecule has 1 aliphatic heterocycles. The van der Waals surface area contributed by atoms with E-state index in [0.29, 0.717) is 6.04 Å². The zero-order valence-electron chi connectivity index (χ0n) is 10.2. The molecule has 1 atom stereocenters. The summed E-state index contributed by atoms with van der Waals surface area (Å²) in [6, 6.07) is 4.74. The van der Waals surface area contributed by atoms with Crippen LogP contribution in [-0.4, -0.2) is 26.8 Å². The second kappa shape index (κ2) is 4.74. The average Bonchev–Trinajstić information content (AvgIpc) is 2.47. The molecule has 0 radical (unpaired) electrons. The van der Waals surface area contributed by atoms with Gasteiger partial charge in [0.25, 0.3) is 0 Å². The number of hydrogen-bond acceptors (Lipinski definition) is 3. The molecule has 3 nitrogen and oxygen atoms in total. The molecular weight excluding hydrogens is 202 g/mol. The molecule has 0 amide bonds. The minimum atomic E-state index is 0.527. The zero-order valence-corrected chi connectivity index (χ0v) is 10.2. The molecule has 0 bridgehead atoms. The van der Waals surface area contributed by atoms with E-state index in [1.807, 2.05) is 0 Å². The van der Waals surface area contributed by atoms with E-state index in [2.05, 4.69) is 24.4 Å². The molecule has 88 valence electrons. The van der Waals surface area contributed by atoms with Crippen LogP contribution in [0.4, 0.5) is 0 Å². The second-order valence-electron chi connectivity index (χ2n) is 4.29. The first-order valence-corrected chi connectivity index (χ1v) is 5.71. The lowest BCUT2D eigenvalue weighted by molar-refractivity contribution is 0.354. The van der Waals surface area contributed by atoms with Gasteiger partial charge in [0.1, 0.15) is 0 Å². The Morgan fingerprint density at radius 1 is 1.12 bits per heavy atom. The fourth-order valence-corrected chi connectivity index (χ4v) is 2.24. The maximum Gasteiger partial charge on any atom is 0.161 e. The van der Waals surface area contributed by atoms with Gasteiger partial charge in [-0.1, -0.05) is 0 Å². The number of nitrogens with one attached hydrogen (secondary N) is 1. The smallest absolute Gasteiger partial charge is 0.161 e. The van der Waals surface area contributed by atoms with Gasteiger partial charge in [-0.05, 0) is 49.6 Å². The molecule has 1 aromatic rings. The molecule has 2 rings (SSSR count). The van der Waals surface area contributed by atoms with Crippen molar-refractivity contribution in [1.82, 2.24) is 5.32 Å². The Morgan fingerprint density at radius 3 is 2.38 bits per heavy atom. The Kier molecular flexibility index (Phi) is 3.34. The SMILES string of the molecule is COc1cc2c(cc1OC)CC(C)NCC2. The van der Waals surface area contributed by atoms with Gasteiger partial charge in [0.15, 0.2) is 11.5 Å². The van der Waals surface area contributed by atoms with Crippen molar-refractivity contribution in [2.24, 2.45) is 0 Å². The Morgan fingerprint density at radius 2 is 1.75 bits per heavy atom. The van der Waals surface area contributed by atoms with Crippen molar-refractivity contribution in [3.8, 4) is 11.5 Å². The number of methoxy groups -OCH3 is 2. The van der Waals surface area contributed by atoms with Crippen molar-refractivity contribution in [2.75, 3.05) is 20.8 Å². The zero-order chi connectivity index (χ0) is 11.5. The molecule has 0 saturated heterocycles. The molecule has 3 heteroatoms. The third-order valence-corrected chi connectivity index (χ3v) is 3.12. The maximum atomic E-state index is 5.33. The molecular formula is C13H19NO2. The van der Waals surface area contributed by atoms with E-state index < -0.39 is 0 Å². The van der Waals surface area contributed by atoms with Gasteiger partial charge in [-0.2, -0.15) is 0 Å². The molecule has 1 aromatic carbocycles. The van der Waals surface area contributed by atoms with Gasteiger partial charge in [-0.25, -0.2) is 0 Å². The number of hydrogen-bond donors (Lipinski definition) is 1. The third kappa shape index (κ3) is 2.14. The van der Waals surface area contributed by atoms with E-state index in [0.717, 1.165) is 30.9 Å². The van der Waals surface area contributed by atoms with Crippen LogP contribution in [0.1, 0.15) is 18.1 Å². The second-order valence-corrected chi connectivity index (χ2v) is 4.29. The lowest BCUT2D eigenvalue weighted by atomic mass is 10.00. The van der Waals surface area contributed by atoms with E-state index in [9.17, 15) is 0 Å². The summed E-state index contributed by atoms with van der Waals surface area (Å²) >= 11 is 0. The highest BCUT2D eigenvalue weighted by molar-refractivity contribution is 5.48. The van der Waals surface area contributed by atoms with Gasteiger partial charge in [-0.3, -0.25) is 0 Å². The lowest BCUT2D eigenvalue weighted by Crippen LogP contribution is -2.27. The van der Waals surface area contributed by atoms with E-state index in [4.69, 9.17) is 9.47 Å². The normalized spacial score (nSPS) is 19.8. The number of ether oxygens (including phenoxy) is 2. The summed E-state index contributed by atoms with van der Waals surface area (Å²) in [5, 5.41) is 3.48. The Bertz CT molecular complexity index is 376. The lowest BCUT2D eigenvalue weighted by Gasteiger charge is -2.13. The first kappa shape index (κ1) is 11.3. The molecule has 1 N–H and O–H groups in total. The van der Waals surface area contributed by atoms with Crippen LogP contribution in [-0.2, 0) is 12.8 Å². The molecule has 16 heavy (non-hydrogen) atoms. The summed E-state index contributed by atoms with van der Waals surface area (Å²) in [5.41, 5.74) is 2.74. The molecule has 0 aromatic heterocycles. The van der Waals surface area contributed by atoms with Crippen LogP contribution in [0.15, 0.2) is 12.1 Å². The highest BCUT2D eigenvalue weighted by Crippen LogP contribution is 2.32. The van der Waals surface area contributed by atoms with Crippen LogP contribution in [0.2, 0.25) is 0 Å². The highest BCUT2D eigenvalue weighted by Gasteiger charge is 2.16. The minimum absolute atomic E-state index is 0.527. The maximum absolute atomic E-state index is 5.33. The minimum Gasteiger partial charge on any atom is -0.493 e. The number of benzene rings is 1. The topological polar surface area (TPSA) is 30.5 Å².